The zero-order valence-corrected chi connectivity index (χ0v) is 12.9. The largest absolute Gasteiger partial charge is 0.464 e. The van der Waals surface area contributed by atoms with Gasteiger partial charge in [-0.25, -0.2) is 4.79 Å². The van der Waals surface area contributed by atoms with Crippen molar-refractivity contribution in [3.63, 3.8) is 0 Å². The Kier molecular flexibility index (Phi) is 3.89. The number of esters is 1. The third-order valence-corrected chi connectivity index (χ3v) is 4.87. The summed E-state index contributed by atoms with van der Waals surface area (Å²) in [6.07, 6.45) is 3.06. The van der Waals surface area contributed by atoms with Crippen molar-refractivity contribution in [3.05, 3.63) is 29.8 Å². The number of carbonyl (C=O) groups excluding carboxylic acids is 1. The summed E-state index contributed by atoms with van der Waals surface area (Å²) in [5, 5.41) is 3.56. The fourth-order valence-corrected chi connectivity index (χ4v) is 3.79. The van der Waals surface area contributed by atoms with Crippen LogP contribution in [0.2, 0.25) is 0 Å². The first-order valence-electron chi connectivity index (χ1n) is 7.92. The molecule has 2 heterocycles. The predicted octanol–water partition coefficient (Wildman–Crippen LogP) is 2.58. The van der Waals surface area contributed by atoms with Crippen LogP contribution in [-0.2, 0) is 9.53 Å². The molecule has 0 saturated carbocycles. The summed E-state index contributed by atoms with van der Waals surface area (Å²) < 4.78 is 5.42. The molecule has 0 aromatic heterocycles. The van der Waals surface area contributed by atoms with E-state index in [9.17, 15) is 4.79 Å². The summed E-state index contributed by atoms with van der Waals surface area (Å²) in [5.41, 5.74) is 1.62. The summed E-state index contributed by atoms with van der Waals surface area (Å²) in [7, 11) is 0. The van der Waals surface area contributed by atoms with E-state index in [2.05, 4.69) is 23.2 Å². The van der Waals surface area contributed by atoms with E-state index in [0.29, 0.717) is 6.61 Å². The number of anilines is 1. The van der Waals surface area contributed by atoms with Gasteiger partial charge in [-0.15, -0.1) is 0 Å². The summed E-state index contributed by atoms with van der Waals surface area (Å²) in [6, 6.07) is 8.41. The van der Waals surface area contributed by atoms with E-state index in [-0.39, 0.29) is 12.0 Å². The van der Waals surface area contributed by atoms with Gasteiger partial charge in [0.05, 0.1) is 6.61 Å². The lowest BCUT2D eigenvalue weighted by molar-refractivity contribution is -0.149. The van der Waals surface area contributed by atoms with Gasteiger partial charge in [0.25, 0.3) is 0 Å². The number of carbonyl (C=O) groups is 1. The molecule has 21 heavy (non-hydrogen) atoms. The van der Waals surface area contributed by atoms with Crippen LogP contribution in [0.5, 0.6) is 0 Å². The van der Waals surface area contributed by atoms with Gasteiger partial charge < -0.3 is 10.1 Å². The van der Waals surface area contributed by atoms with Crippen molar-refractivity contribution in [2.75, 3.05) is 25.0 Å². The van der Waals surface area contributed by atoms with Gasteiger partial charge >= 0.3 is 5.97 Å². The van der Waals surface area contributed by atoms with Gasteiger partial charge in [0.2, 0.25) is 0 Å². The number of rotatable bonds is 4. The molecule has 1 aromatic rings. The molecule has 0 bridgehead atoms. The number of aryl methyl sites for hydroxylation is 1. The van der Waals surface area contributed by atoms with Crippen LogP contribution in [0.1, 0.15) is 31.7 Å². The number of hydrogen-bond acceptors (Lipinski definition) is 4. The van der Waals surface area contributed by atoms with Crippen LogP contribution in [0.4, 0.5) is 5.69 Å². The molecular formula is C17H24N2O2. The molecule has 114 valence electrons. The Bertz CT molecular complexity index is 531. The quantitative estimate of drug-likeness (QED) is 0.865. The van der Waals surface area contributed by atoms with Crippen LogP contribution in [0.3, 0.4) is 0 Å². The van der Waals surface area contributed by atoms with Crippen molar-refractivity contribution in [1.29, 1.82) is 0 Å². The molecule has 2 aliphatic rings. The summed E-state index contributed by atoms with van der Waals surface area (Å²) >= 11 is 0. The lowest BCUT2D eigenvalue weighted by Gasteiger charge is -2.35. The summed E-state index contributed by atoms with van der Waals surface area (Å²) in [4.78, 5) is 15.1. The van der Waals surface area contributed by atoms with Crippen LogP contribution in [0.15, 0.2) is 24.3 Å². The van der Waals surface area contributed by atoms with Crippen LogP contribution in [0, 0.1) is 6.92 Å². The Morgan fingerprint density at radius 1 is 1.43 bits per heavy atom. The SMILES string of the molecule is CCOC(=O)C1(Nc2ccccc2C)CCN2CCCC21. The molecule has 4 nitrogen and oxygen atoms in total. The maximum atomic E-state index is 12.7. The zero-order valence-electron chi connectivity index (χ0n) is 12.9. The third kappa shape index (κ3) is 2.42. The highest BCUT2D eigenvalue weighted by Gasteiger charge is 2.55. The number of nitrogens with one attached hydrogen (secondary N) is 1. The number of para-hydroxylation sites is 1. The first-order chi connectivity index (χ1) is 10.2. The number of fused-ring (bicyclic) bond motifs is 1. The minimum Gasteiger partial charge on any atom is -0.464 e. The van der Waals surface area contributed by atoms with E-state index >= 15 is 0 Å². The molecule has 0 amide bonds. The fraction of sp³-hybridized carbons (Fsp3) is 0.588. The molecule has 2 aliphatic heterocycles. The molecular weight excluding hydrogens is 264 g/mol. The van der Waals surface area contributed by atoms with E-state index in [1.54, 1.807) is 0 Å². The number of hydrogen-bond donors (Lipinski definition) is 1. The highest BCUT2D eigenvalue weighted by molar-refractivity contribution is 5.86. The highest BCUT2D eigenvalue weighted by Crippen LogP contribution is 2.39. The Balaban J connectivity index is 1.93. The molecule has 2 unspecified atom stereocenters. The second-order valence-corrected chi connectivity index (χ2v) is 6.08. The number of ether oxygens (including phenoxy) is 1. The van der Waals surface area contributed by atoms with Crippen LogP contribution in [0.25, 0.3) is 0 Å². The van der Waals surface area contributed by atoms with Crippen molar-refractivity contribution in [2.45, 2.75) is 44.7 Å². The predicted molar refractivity (Wildman–Crippen MR) is 83.4 cm³/mol. The fourth-order valence-electron chi connectivity index (χ4n) is 3.79. The average molecular weight is 288 g/mol. The van der Waals surface area contributed by atoms with Gasteiger partial charge in [0.15, 0.2) is 5.54 Å². The average Bonchev–Trinajstić information content (AvgIpc) is 3.06. The monoisotopic (exact) mass is 288 g/mol. The van der Waals surface area contributed by atoms with E-state index in [4.69, 9.17) is 4.74 Å². The minimum absolute atomic E-state index is 0.0948. The molecule has 1 aromatic carbocycles. The topological polar surface area (TPSA) is 41.6 Å². The first kappa shape index (κ1) is 14.4. The maximum absolute atomic E-state index is 12.7. The highest BCUT2D eigenvalue weighted by atomic mass is 16.5. The molecule has 2 saturated heterocycles. The Morgan fingerprint density at radius 3 is 3.00 bits per heavy atom. The second kappa shape index (κ2) is 5.68. The normalized spacial score (nSPS) is 28.4. The van der Waals surface area contributed by atoms with Gasteiger partial charge in [-0.2, -0.15) is 0 Å². The van der Waals surface area contributed by atoms with E-state index in [0.717, 1.165) is 37.2 Å². The minimum atomic E-state index is -0.585. The Labute approximate surface area is 126 Å². The Morgan fingerprint density at radius 2 is 2.24 bits per heavy atom. The van der Waals surface area contributed by atoms with Crippen LogP contribution >= 0.6 is 0 Å². The molecule has 2 fully saturated rings. The molecule has 0 spiro atoms. The lowest BCUT2D eigenvalue weighted by Crippen LogP contribution is -2.55. The van der Waals surface area contributed by atoms with Gasteiger partial charge in [0, 0.05) is 18.3 Å². The van der Waals surface area contributed by atoms with Crippen molar-refractivity contribution in [1.82, 2.24) is 4.90 Å². The van der Waals surface area contributed by atoms with Gasteiger partial charge in [-0.3, -0.25) is 4.90 Å². The van der Waals surface area contributed by atoms with Gasteiger partial charge in [0.1, 0.15) is 0 Å². The molecule has 3 rings (SSSR count). The molecule has 2 atom stereocenters. The smallest absolute Gasteiger partial charge is 0.333 e. The van der Waals surface area contributed by atoms with Crippen molar-refractivity contribution >= 4 is 11.7 Å². The molecule has 0 radical (unpaired) electrons. The van der Waals surface area contributed by atoms with E-state index in [1.165, 1.54) is 6.42 Å². The van der Waals surface area contributed by atoms with Crippen molar-refractivity contribution in [3.8, 4) is 0 Å². The van der Waals surface area contributed by atoms with E-state index in [1.807, 2.05) is 25.1 Å². The molecule has 4 heteroatoms. The van der Waals surface area contributed by atoms with Crippen molar-refractivity contribution in [2.24, 2.45) is 0 Å². The zero-order chi connectivity index (χ0) is 14.9. The van der Waals surface area contributed by atoms with Crippen LogP contribution in [-0.4, -0.2) is 42.1 Å². The standard InChI is InChI=1S/C17H24N2O2/c1-3-21-16(20)17(10-12-19-11-6-9-15(17)19)18-14-8-5-4-7-13(14)2/h4-5,7-8,15,18H,3,6,9-12H2,1-2H3. The van der Waals surface area contributed by atoms with Crippen molar-refractivity contribution < 1.29 is 9.53 Å². The number of benzene rings is 1. The second-order valence-electron chi connectivity index (χ2n) is 6.08. The van der Waals surface area contributed by atoms with Gasteiger partial charge in [-0.1, -0.05) is 18.2 Å². The number of nitrogens with zero attached hydrogens (tertiary/aromatic N) is 1. The molecule has 1 N–H and O–H groups in total. The summed E-state index contributed by atoms with van der Waals surface area (Å²) in [5.74, 6) is -0.0948. The van der Waals surface area contributed by atoms with E-state index < -0.39 is 5.54 Å². The lowest BCUT2D eigenvalue weighted by atomic mass is 9.87. The summed E-state index contributed by atoms with van der Waals surface area (Å²) in [6.45, 7) is 6.45. The maximum Gasteiger partial charge on any atom is 0.333 e. The Hall–Kier alpha value is -1.55. The molecule has 0 aliphatic carbocycles. The van der Waals surface area contributed by atoms with Gasteiger partial charge in [-0.05, 0) is 51.3 Å². The third-order valence-electron chi connectivity index (χ3n) is 4.87. The first-order valence-corrected chi connectivity index (χ1v) is 7.92. The van der Waals surface area contributed by atoms with Crippen LogP contribution < -0.4 is 5.32 Å².